The highest BCUT2D eigenvalue weighted by Gasteiger charge is 2.09. The Kier molecular flexibility index (Phi) is 4.95. The third-order valence-corrected chi connectivity index (χ3v) is 3.30. The van der Waals surface area contributed by atoms with E-state index in [-0.39, 0.29) is 17.6 Å². The predicted octanol–water partition coefficient (Wildman–Crippen LogP) is 3.53. The van der Waals surface area contributed by atoms with Gasteiger partial charge in [-0.2, -0.15) is 0 Å². The van der Waals surface area contributed by atoms with Crippen LogP contribution in [0.4, 0.5) is 11.4 Å². The van der Waals surface area contributed by atoms with Gasteiger partial charge in [-0.15, -0.1) is 0 Å². The molecule has 0 saturated carbocycles. The van der Waals surface area contributed by atoms with Crippen molar-refractivity contribution in [3.05, 3.63) is 65.2 Å². The number of aromatic hydroxyl groups is 1. The summed E-state index contributed by atoms with van der Waals surface area (Å²) in [7, 11) is 0. The molecule has 22 heavy (non-hydrogen) atoms. The number of nitrogens with one attached hydrogen (secondary N) is 2. The van der Waals surface area contributed by atoms with Gasteiger partial charge in [-0.25, -0.2) is 0 Å². The fraction of sp³-hybridized carbons (Fsp3) is 0. The summed E-state index contributed by atoms with van der Waals surface area (Å²) in [6.45, 7) is 3.36. The van der Waals surface area contributed by atoms with Gasteiger partial charge in [0.15, 0.2) is 0 Å². The smallest absolute Gasteiger partial charge is 0.255 e. The van der Waals surface area contributed by atoms with Crippen molar-refractivity contribution < 1.29 is 14.7 Å². The van der Waals surface area contributed by atoms with Crippen LogP contribution in [0.1, 0.15) is 10.4 Å². The second kappa shape index (κ2) is 6.91. The summed E-state index contributed by atoms with van der Waals surface area (Å²) in [5.74, 6) is -0.710. The van der Waals surface area contributed by atoms with Crippen molar-refractivity contribution in [1.82, 2.24) is 0 Å². The first kappa shape index (κ1) is 15.8. The number of carbonyl (C=O) groups is 2. The van der Waals surface area contributed by atoms with Gasteiger partial charge in [0.2, 0.25) is 5.91 Å². The normalized spacial score (nSPS) is 9.86. The molecule has 2 rings (SSSR count). The average Bonchev–Trinajstić information content (AvgIpc) is 2.51. The fourth-order valence-electron chi connectivity index (χ4n) is 1.70. The number of hydrogen-bond acceptors (Lipinski definition) is 3. The largest absolute Gasteiger partial charge is 0.506 e. The lowest BCUT2D eigenvalue weighted by Crippen LogP contribution is -2.12. The molecule has 0 fully saturated rings. The number of benzene rings is 2. The minimum absolute atomic E-state index is 0.0218. The first-order chi connectivity index (χ1) is 10.5. The molecule has 0 aliphatic rings. The first-order valence-corrected chi connectivity index (χ1v) is 7.12. The SMILES string of the molecule is C=CC(=O)Nc1ccc(C(=O)Nc2cc(Br)ccc2O)cc1. The van der Waals surface area contributed by atoms with E-state index in [1.54, 1.807) is 36.4 Å². The van der Waals surface area contributed by atoms with Crippen LogP contribution in [-0.2, 0) is 4.79 Å². The highest BCUT2D eigenvalue weighted by molar-refractivity contribution is 9.10. The van der Waals surface area contributed by atoms with E-state index in [1.807, 2.05) is 0 Å². The second-order valence-corrected chi connectivity index (χ2v) is 5.30. The van der Waals surface area contributed by atoms with Crippen molar-refractivity contribution in [3.63, 3.8) is 0 Å². The van der Waals surface area contributed by atoms with Gasteiger partial charge in [-0.3, -0.25) is 9.59 Å². The number of phenols is 1. The standard InChI is InChI=1S/C16H13BrN2O3/c1-2-15(21)18-12-6-3-10(4-7-12)16(22)19-13-9-11(17)5-8-14(13)20/h2-9,20H,1H2,(H,18,21)(H,19,22). The Balaban J connectivity index is 2.11. The molecule has 5 nitrogen and oxygen atoms in total. The number of hydrogen-bond donors (Lipinski definition) is 3. The van der Waals surface area contributed by atoms with Crippen LogP contribution in [0.25, 0.3) is 0 Å². The van der Waals surface area contributed by atoms with E-state index in [4.69, 9.17) is 0 Å². The molecule has 3 N–H and O–H groups in total. The van der Waals surface area contributed by atoms with Crippen LogP contribution >= 0.6 is 15.9 Å². The molecule has 2 aromatic rings. The van der Waals surface area contributed by atoms with Gasteiger partial charge in [0.05, 0.1) is 5.69 Å². The molecule has 0 bridgehead atoms. The molecule has 0 aromatic heterocycles. The van der Waals surface area contributed by atoms with Crippen molar-refractivity contribution >= 4 is 39.1 Å². The zero-order chi connectivity index (χ0) is 16.1. The van der Waals surface area contributed by atoms with Crippen molar-refractivity contribution in [2.24, 2.45) is 0 Å². The van der Waals surface area contributed by atoms with Gasteiger partial charge in [0.25, 0.3) is 5.91 Å². The Bertz CT molecular complexity index is 727. The van der Waals surface area contributed by atoms with Gasteiger partial charge >= 0.3 is 0 Å². The maximum Gasteiger partial charge on any atom is 0.255 e. The zero-order valence-electron chi connectivity index (χ0n) is 11.5. The Labute approximate surface area is 135 Å². The molecule has 0 saturated heterocycles. The Morgan fingerprint density at radius 1 is 1.09 bits per heavy atom. The van der Waals surface area contributed by atoms with Crippen molar-refractivity contribution in [1.29, 1.82) is 0 Å². The van der Waals surface area contributed by atoms with Gasteiger partial charge in [0.1, 0.15) is 5.75 Å². The van der Waals surface area contributed by atoms with E-state index in [9.17, 15) is 14.7 Å². The number of halogens is 1. The van der Waals surface area contributed by atoms with Crippen molar-refractivity contribution in [3.8, 4) is 5.75 Å². The third-order valence-electron chi connectivity index (χ3n) is 2.81. The molecular weight excluding hydrogens is 348 g/mol. The van der Waals surface area contributed by atoms with Gasteiger partial charge < -0.3 is 15.7 Å². The molecule has 0 spiro atoms. The molecule has 0 radical (unpaired) electrons. The average molecular weight is 361 g/mol. The Morgan fingerprint density at radius 2 is 1.77 bits per heavy atom. The maximum absolute atomic E-state index is 12.1. The van der Waals surface area contributed by atoms with Crippen LogP contribution in [0.3, 0.4) is 0 Å². The molecule has 0 atom stereocenters. The summed E-state index contributed by atoms with van der Waals surface area (Å²) in [5, 5.41) is 14.9. The third kappa shape index (κ3) is 3.95. The van der Waals surface area contributed by atoms with Crippen LogP contribution < -0.4 is 10.6 Å². The quantitative estimate of drug-likeness (QED) is 0.576. The number of amides is 2. The molecule has 112 valence electrons. The summed E-state index contributed by atoms with van der Waals surface area (Å²) in [6, 6.07) is 11.1. The van der Waals surface area contributed by atoms with E-state index >= 15 is 0 Å². The molecule has 0 heterocycles. The van der Waals surface area contributed by atoms with Crippen LogP contribution in [0.5, 0.6) is 5.75 Å². The monoisotopic (exact) mass is 360 g/mol. The summed E-state index contributed by atoms with van der Waals surface area (Å²) in [4.78, 5) is 23.3. The molecule has 6 heteroatoms. The molecule has 2 amide bonds. The zero-order valence-corrected chi connectivity index (χ0v) is 13.1. The van der Waals surface area contributed by atoms with E-state index in [0.29, 0.717) is 16.9 Å². The number of anilines is 2. The number of rotatable bonds is 4. The number of phenolic OH excluding ortho intramolecular Hbond substituents is 1. The lowest BCUT2D eigenvalue weighted by atomic mass is 10.2. The van der Waals surface area contributed by atoms with E-state index in [1.165, 1.54) is 6.07 Å². The second-order valence-electron chi connectivity index (χ2n) is 4.39. The Hall–Kier alpha value is -2.60. The highest BCUT2D eigenvalue weighted by Crippen LogP contribution is 2.27. The van der Waals surface area contributed by atoms with Gasteiger partial charge in [-0.1, -0.05) is 22.5 Å². The summed E-state index contributed by atoms with van der Waals surface area (Å²) < 4.78 is 0.739. The van der Waals surface area contributed by atoms with E-state index in [2.05, 4.69) is 33.1 Å². The predicted molar refractivity (Wildman–Crippen MR) is 89.0 cm³/mol. The summed E-state index contributed by atoms with van der Waals surface area (Å²) in [6.07, 6.45) is 1.16. The van der Waals surface area contributed by atoms with E-state index in [0.717, 1.165) is 10.5 Å². The van der Waals surface area contributed by atoms with Crippen molar-refractivity contribution in [2.45, 2.75) is 0 Å². The fourth-order valence-corrected chi connectivity index (χ4v) is 2.06. The lowest BCUT2D eigenvalue weighted by molar-refractivity contribution is -0.111. The first-order valence-electron chi connectivity index (χ1n) is 6.33. The topological polar surface area (TPSA) is 78.4 Å². The van der Waals surface area contributed by atoms with Crippen LogP contribution in [0.15, 0.2) is 59.6 Å². The minimum atomic E-state index is -0.366. The highest BCUT2D eigenvalue weighted by atomic mass is 79.9. The summed E-state index contributed by atoms with van der Waals surface area (Å²) >= 11 is 3.27. The van der Waals surface area contributed by atoms with Crippen LogP contribution in [0, 0.1) is 0 Å². The van der Waals surface area contributed by atoms with Crippen LogP contribution in [-0.4, -0.2) is 16.9 Å². The minimum Gasteiger partial charge on any atom is -0.506 e. The molecular formula is C16H13BrN2O3. The van der Waals surface area contributed by atoms with E-state index < -0.39 is 0 Å². The Morgan fingerprint density at radius 3 is 2.41 bits per heavy atom. The van der Waals surface area contributed by atoms with Gasteiger partial charge in [-0.05, 0) is 48.5 Å². The molecule has 0 aliphatic heterocycles. The van der Waals surface area contributed by atoms with Crippen LogP contribution in [0.2, 0.25) is 0 Å². The number of carbonyl (C=O) groups excluding carboxylic acids is 2. The summed E-state index contributed by atoms with van der Waals surface area (Å²) in [5.41, 5.74) is 1.27. The molecule has 2 aromatic carbocycles. The molecule has 0 unspecified atom stereocenters. The van der Waals surface area contributed by atoms with Crippen molar-refractivity contribution in [2.75, 3.05) is 10.6 Å². The molecule has 0 aliphatic carbocycles. The lowest BCUT2D eigenvalue weighted by Gasteiger charge is -2.08. The maximum atomic E-state index is 12.1. The van der Waals surface area contributed by atoms with Gasteiger partial charge in [0, 0.05) is 15.7 Å².